The number of aliphatic imine (C=N–C) groups is 1. The Labute approximate surface area is 201 Å². The molecule has 0 bridgehead atoms. The molecule has 0 aliphatic carbocycles. The van der Waals surface area contributed by atoms with Gasteiger partial charge in [0.1, 0.15) is 0 Å². The zero-order valence-electron chi connectivity index (χ0n) is 18.1. The summed E-state index contributed by atoms with van der Waals surface area (Å²) in [5, 5.41) is 6.61. The second-order valence-corrected chi connectivity index (χ2v) is 9.26. The highest BCUT2D eigenvalue weighted by Crippen LogP contribution is 2.17. The van der Waals surface area contributed by atoms with Crippen molar-refractivity contribution in [2.45, 2.75) is 38.3 Å². The maximum atomic E-state index is 11.8. The number of hydrogen-bond acceptors (Lipinski definition) is 4. The highest BCUT2D eigenvalue weighted by Gasteiger charge is 2.10. The fourth-order valence-corrected chi connectivity index (χ4v) is 4.34. The monoisotopic (exact) mass is 555 g/mol. The normalized spacial score (nSPS) is 11.9. The van der Waals surface area contributed by atoms with Crippen LogP contribution in [0.2, 0.25) is 0 Å². The molecule has 1 heterocycles. The first-order valence-corrected chi connectivity index (χ1v) is 12.0. The summed E-state index contributed by atoms with van der Waals surface area (Å²) in [6, 6.07) is 13.5. The Kier molecular flexibility index (Phi) is 9.30. The molecule has 0 amide bonds. The average Bonchev–Trinajstić information content (AvgIpc) is 3.11. The van der Waals surface area contributed by atoms with Crippen molar-refractivity contribution in [3.8, 4) is 0 Å². The number of rotatable bonds is 8. The summed E-state index contributed by atoms with van der Waals surface area (Å²) in [6.45, 7) is 6.74. The number of nitrogens with zero attached hydrogens (tertiary/aromatic N) is 3. The van der Waals surface area contributed by atoms with Gasteiger partial charge in [-0.05, 0) is 49.6 Å². The highest BCUT2D eigenvalue weighted by atomic mass is 127. The van der Waals surface area contributed by atoms with Gasteiger partial charge in [-0.2, -0.15) is 0 Å². The van der Waals surface area contributed by atoms with E-state index in [1.54, 1.807) is 6.07 Å². The minimum Gasteiger partial charge on any atom is -0.357 e. The first-order chi connectivity index (χ1) is 14.4. The fraction of sp³-hybridized carbons (Fsp3) is 0.364. The Morgan fingerprint density at radius 2 is 1.94 bits per heavy atom. The van der Waals surface area contributed by atoms with Gasteiger partial charge in [0.25, 0.3) is 0 Å². The van der Waals surface area contributed by atoms with Crippen LogP contribution in [0, 0.1) is 6.92 Å². The van der Waals surface area contributed by atoms with Crippen molar-refractivity contribution in [1.29, 1.82) is 0 Å². The number of fused-ring (bicyclic) bond motifs is 1. The predicted octanol–water partition coefficient (Wildman–Crippen LogP) is 3.51. The van der Waals surface area contributed by atoms with Gasteiger partial charge < -0.3 is 15.2 Å². The van der Waals surface area contributed by atoms with E-state index in [-0.39, 0.29) is 24.0 Å². The summed E-state index contributed by atoms with van der Waals surface area (Å²) in [5.41, 5.74) is 3.88. The summed E-state index contributed by atoms with van der Waals surface area (Å²) in [5.74, 6) is 0.748. The third kappa shape index (κ3) is 6.93. The van der Waals surface area contributed by atoms with Crippen LogP contribution in [0.25, 0.3) is 11.0 Å². The van der Waals surface area contributed by atoms with E-state index in [0.29, 0.717) is 11.4 Å². The van der Waals surface area contributed by atoms with Gasteiger partial charge in [-0.3, -0.25) is 0 Å². The number of imidazole rings is 1. The zero-order chi connectivity index (χ0) is 21.6. The van der Waals surface area contributed by atoms with Gasteiger partial charge in [0.15, 0.2) is 15.8 Å². The van der Waals surface area contributed by atoms with E-state index in [0.717, 1.165) is 54.2 Å². The molecule has 1 aromatic heterocycles. The van der Waals surface area contributed by atoms with Crippen LogP contribution in [0.1, 0.15) is 24.5 Å². The number of nitrogens with one attached hydrogen (secondary N) is 2. The summed E-state index contributed by atoms with van der Waals surface area (Å²) >= 11 is 0. The number of hydrogen-bond donors (Lipinski definition) is 2. The van der Waals surface area contributed by atoms with Gasteiger partial charge >= 0.3 is 0 Å². The number of guanidine groups is 1. The molecule has 3 rings (SSSR count). The first kappa shape index (κ1) is 25.1. The second-order valence-electron chi connectivity index (χ2n) is 7.27. The minimum absolute atomic E-state index is 0. The average molecular weight is 555 g/mol. The summed E-state index contributed by atoms with van der Waals surface area (Å²) in [4.78, 5) is 9.42. The van der Waals surface area contributed by atoms with Crippen LogP contribution in [0.5, 0.6) is 0 Å². The number of aromatic nitrogens is 2. The third-order valence-corrected chi connectivity index (χ3v) is 6.06. The summed E-state index contributed by atoms with van der Waals surface area (Å²) < 4.78 is 25.7. The van der Waals surface area contributed by atoms with Crippen molar-refractivity contribution in [3.05, 3.63) is 59.9 Å². The molecule has 31 heavy (non-hydrogen) atoms. The van der Waals surface area contributed by atoms with Crippen LogP contribution in [-0.2, 0) is 22.9 Å². The standard InChI is InChI=1S/C22H29N5O2S.HI/c1-4-23-22(25-15-18-10-11-21(17(2)14-18)30(3,28)29)24-12-7-13-27-16-26-19-8-5-6-9-20(19)27;/h5-6,8-11,14,16H,4,7,12-13,15H2,1-3H3,(H2,23,24,25);1H. The van der Waals surface area contributed by atoms with E-state index < -0.39 is 9.84 Å². The Morgan fingerprint density at radius 3 is 2.65 bits per heavy atom. The molecule has 0 saturated carbocycles. The largest absolute Gasteiger partial charge is 0.357 e. The van der Waals surface area contributed by atoms with Crippen LogP contribution < -0.4 is 10.6 Å². The quantitative estimate of drug-likeness (QED) is 0.192. The molecule has 168 valence electrons. The van der Waals surface area contributed by atoms with Crippen molar-refractivity contribution >= 4 is 50.8 Å². The molecule has 3 aromatic rings. The topological polar surface area (TPSA) is 88.4 Å². The maximum absolute atomic E-state index is 11.8. The molecule has 0 fully saturated rings. The summed E-state index contributed by atoms with van der Waals surface area (Å²) in [6.07, 6.45) is 4.05. The third-order valence-electron chi connectivity index (χ3n) is 4.80. The lowest BCUT2D eigenvalue weighted by molar-refractivity contribution is 0.601. The lowest BCUT2D eigenvalue weighted by Gasteiger charge is -2.12. The lowest BCUT2D eigenvalue weighted by atomic mass is 10.1. The molecule has 0 aliphatic rings. The highest BCUT2D eigenvalue weighted by molar-refractivity contribution is 14.0. The van der Waals surface area contributed by atoms with Crippen molar-refractivity contribution in [1.82, 2.24) is 20.2 Å². The van der Waals surface area contributed by atoms with Gasteiger partial charge in [-0.25, -0.2) is 18.4 Å². The van der Waals surface area contributed by atoms with E-state index in [1.165, 1.54) is 6.26 Å². The van der Waals surface area contributed by atoms with Gasteiger partial charge in [0.2, 0.25) is 0 Å². The number of sulfone groups is 1. The van der Waals surface area contributed by atoms with Gasteiger partial charge in [0.05, 0.1) is 28.8 Å². The van der Waals surface area contributed by atoms with E-state index in [9.17, 15) is 8.42 Å². The van der Waals surface area contributed by atoms with Crippen molar-refractivity contribution in [3.63, 3.8) is 0 Å². The Balaban J connectivity index is 0.00000341. The molecular formula is C22H30IN5O2S. The molecule has 0 spiro atoms. The number of para-hydroxylation sites is 2. The SMILES string of the molecule is CCNC(=NCc1ccc(S(C)(=O)=O)c(C)c1)NCCCn1cnc2ccccc21.I. The summed E-state index contributed by atoms with van der Waals surface area (Å²) in [7, 11) is -3.20. The van der Waals surface area contributed by atoms with E-state index in [4.69, 9.17) is 0 Å². The number of benzene rings is 2. The Hall–Kier alpha value is -2.14. The van der Waals surface area contributed by atoms with Crippen LogP contribution in [0.4, 0.5) is 0 Å². The second kappa shape index (κ2) is 11.5. The molecule has 0 atom stereocenters. The molecule has 0 aliphatic heterocycles. The molecule has 2 aromatic carbocycles. The van der Waals surface area contributed by atoms with Crippen LogP contribution in [0.3, 0.4) is 0 Å². The molecule has 7 nitrogen and oxygen atoms in total. The number of aryl methyl sites for hydroxylation is 2. The fourth-order valence-electron chi connectivity index (χ4n) is 3.38. The molecule has 0 unspecified atom stereocenters. The van der Waals surface area contributed by atoms with E-state index in [2.05, 4.69) is 31.2 Å². The van der Waals surface area contributed by atoms with Crippen molar-refractivity contribution in [2.75, 3.05) is 19.3 Å². The van der Waals surface area contributed by atoms with Gasteiger partial charge in [-0.1, -0.05) is 24.3 Å². The minimum atomic E-state index is -3.20. The zero-order valence-corrected chi connectivity index (χ0v) is 21.3. The lowest BCUT2D eigenvalue weighted by Crippen LogP contribution is -2.38. The van der Waals surface area contributed by atoms with Crippen LogP contribution in [-0.4, -0.2) is 43.3 Å². The van der Waals surface area contributed by atoms with E-state index in [1.807, 2.05) is 50.5 Å². The molecule has 0 saturated heterocycles. The molecule has 2 N–H and O–H groups in total. The molecular weight excluding hydrogens is 525 g/mol. The van der Waals surface area contributed by atoms with Crippen molar-refractivity contribution < 1.29 is 8.42 Å². The predicted molar refractivity (Wildman–Crippen MR) is 137 cm³/mol. The van der Waals surface area contributed by atoms with Gasteiger partial charge in [-0.15, -0.1) is 24.0 Å². The number of halogens is 1. The molecule has 9 heteroatoms. The van der Waals surface area contributed by atoms with Crippen LogP contribution in [0.15, 0.2) is 58.7 Å². The van der Waals surface area contributed by atoms with Crippen LogP contribution >= 0.6 is 24.0 Å². The Morgan fingerprint density at radius 1 is 1.16 bits per heavy atom. The van der Waals surface area contributed by atoms with Gasteiger partial charge in [0, 0.05) is 25.9 Å². The Bertz CT molecular complexity index is 1140. The first-order valence-electron chi connectivity index (χ1n) is 10.1. The van der Waals surface area contributed by atoms with E-state index >= 15 is 0 Å². The van der Waals surface area contributed by atoms with Crippen molar-refractivity contribution in [2.24, 2.45) is 4.99 Å². The smallest absolute Gasteiger partial charge is 0.191 e. The molecule has 0 radical (unpaired) electrons. The maximum Gasteiger partial charge on any atom is 0.191 e.